The van der Waals surface area contributed by atoms with E-state index in [1.165, 1.54) is 116 Å². The van der Waals surface area contributed by atoms with Crippen LogP contribution in [0.4, 0.5) is 0 Å². The molecule has 0 amide bonds. The summed E-state index contributed by atoms with van der Waals surface area (Å²) >= 11 is 0. The molecule has 1 aliphatic carbocycles. The van der Waals surface area contributed by atoms with Crippen LogP contribution in [-0.4, -0.2) is 0 Å². The van der Waals surface area contributed by atoms with Gasteiger partial charge in [-0.3, -0.25) is 0 Å². The predicted octanol–water partition coefficient (Wildman–Crippen LogP) is 9.57. The highest BCUT2D eigenvalue weighted by molar-refractivity contribution is 4.80. The topological polar surface area (TPSA) is 0 Å². The summed E-state index contributed by atoms with van der Waals surface area (Å²) in [4.78, 5) is 0. The first-order valence-electron chi connectivity index (χ1n) is 12.6. The Kier molecular flexibility index (Phi) is 14.8. The Morgan fingerprint density at radius 2 is 0.846 bits per heavy atom. The summed E-state index contributed by atoms with van der Waals surface area (Å²) in [5, 5.41) is 0. The molecule has 2 unspecified atom stereocenters. The molecule has 0 spiro atoms. The molecule has 1 rings (SSSR count). The van der Waals surface area contributed by atoms with Gasteiger partial charge in [0.1, 0.15) is 0 Å². The second kappa shape index (κ2) is 16.0. The minimum Gasteiger partial charge on any atom is -0.0654 e. The van der Waals surface area contributed by atoms with Crippen LogP contribution in [0.25, 0.3) is 0 Å². The molecule has 0 heterocycles. The molecule has 156 valence electrons. The fourth-order valence-electron chi connectivity index (χ4n) is 5.60. The first kappa shape index (κ1) is 24.0. The van der Waals surface area contributed by atoms with Gasteiger partial charge in [0.15, 0.2) is 0 Å². The van der Waals surface area contributed by atoms with Crippen LogP contribution in [-0.2, 0) is 0 Å². The molecule has 2 atom stereocenters. The summed E-state index contributed by atoms with van der Waals surface area (Å²) in [5.41, 5.74) is 0. The summed E-state index contributed by atoms with van der Waals surface area (Å²) in [6, 6.07) is 0. The Bertz CT molecular complexity index is 282. The van der Waals surface area contributed by atoms with E-state index in [1.807, 2.05) is 0 Å². The highest BCUT2D eigenvalue weighted by Crippen LogP contribution is 2.40. The van der Waals surface area contributed by atoms with Gasteiger partial charge in [-0.2, -0.15) is 0 Å². The molecule has 0 aliphatic heterocycles. The van der Waals surface area contributed by atoms with Crippen LogP contribution >= 0.6 is 0 Å². The Labute approximate surface area is 167 Å². The molecule has 0 aromatic heterocycles. The quantitative estimate of drug-likeness (QED) is 0.239. The van der Waals surface area contributed by atoms with Crippen LogP contribution in [0.15, 0.2) is 0 Å². The molecule has 26 heavy (non-hydrogen) atoms. The highest BCUT2D eigenvalue weighted by atomic mass is 14.4. The zero-order chi connectivity index (χ0) is 19.0. The number of hydrogen-bond donors (Lipinski definition) is 0. The maximum atomic E-state index is 2.52. The summed E-state index contributed by atoms with van der Waals surface area (Å²) in [6.07, 6.45) is 26.6. The Hall–Kier alpha value is 0. The zero-order valence-corrected chi connectivity index (χ0v) is 19.0. The van der Waals surface area contributed by atoms with Gasteiger partial charge in [0, 0.05) is 0 Å². The molecule has 0 aromatic carbocycles. The molecule has 0 heteroatoms. The van der Waals surface area contributed by atoms with Crippen LogP contribution in [0.3, 0.4) is 0 Å². The molecule has 0 saturated heterocycles. The van der Waals surface area contributed by atoms with Gasteiger partial charge in [-0.25, -0.2) is 0 Å². The van der Waals surface area contributed by atoms with Crippen LogP contribution in [0.5, 0.6) is 0 Å². The van der Waals surface area contributed by atoms with Crippen molar-refractivity contribution in [3.63, 3.8) is 0 Å². The van der Waals surface area contributed by atoms with E-state index in [1.54, 1.807) is 0 Å². The van der Waals surface area contributed by atoms with Gasteiger partial charge < -0.3 is 0 Å². The van der Waals surface area contributed by atoms with Crippen molar-refractivity contribution in [2.24, 2.45) is 23.7 Å². The van der Waals surface area contributed by atoms with E-state index >= 15 is 0 Å². The van der Waals surface area contributed by atoms with Crippen LogP contribution in [0.2, 0.25) is 0 Å². The van der Waals surface area contributed by atoms with Gasteiger partial charge in [0.05, 0.1) is 0 Å². The lowest BCUT2D eigenvalue weighted by Crippen LogP contribution is -2.28. The van der Waals surface area contributed by atoms with Gasteiger partial charge in [-0.1, -0.05) is 124 Å². The molecule has 1 aliphatic rings. The van der Waals surface area contributed by atoms with E-state index in [4.69, 9.17) is 0 Å². The minimum absolute atomic E-state index is 0.970. The molecule has 0 nitrogen and oxygen atoms in total. The summed E-state index contributed by atoms with van der Waals surface area (Å²) < 4.78 is 0. The molecule has 1 fully saturated rings. The maximum absolute atomic E-state index is 2.52. The van der Waals surface area contributed by atoms with Crippen molar-refractivity contribution in [2.45, 2.75) is 143 Å². The Morgan fingerprint density at radius 1 is 0.500 bits per heavy atom. The smallest absolute Gasteiger partial charge is 0.0362 e. The third kappa shape index (κ3) is 11.7. The van der Waals surface area contributed by atoms with Crippen molar-refractivity contribution in [2.75, 3.05) is 0 Å². The molecule has 0 radical (unpaired) electrons. The summed E-state index contributed by atoms with van der Waals surface area (Å²) in [6.45, 7) is 9.79. The monoisotopic (exact) mass is 364 g/mol. The SMILES string of the molecule is CCCCCCCCCCCCCCCCCC1C(C)CC(C)CC1C. The lowest BCUT2D eigenvalue weighted by Gasteiger charge is -2.38. The van der Waals surface area contributed by atoms with Crippen molar-refractivity contribution < 1.29 is 0 Å². The summed E-state index contributed by atoms with van der Waals surface area (Å²) in [5.74, 6) is 3.94. The van der Waals surface area contributed by atoms with Gasteiger partial charge in [0.2, 0.25) is 0 Å². The normalized spacial score (nSPS) is 26.3. The zero-order valence-electron chi connectivity index (χ0n) is 19.0. The Morgan fingerprint density at radius 3 is 1.23 bits per heavy atom. The second-order valence-electron chi connectivity index (χ2n) is 9.93. The van der Waals surface area contributed by atoms with E-state index < -0.39 is 0 Å². The van der Waals surface area contributed by atoms with Crippen molar-refractivity contribution in [3.8, 4) is 0 Å². The van der Waals surface area contributed by atoms with Crippen molar-refractivity contribution >= 4 is 0 Å². The fraction of sp³-hybridized carbons (Fsp3) is 1.00. The molecular formula is C26H52. The lowest BCUT2D eigenvalue weighted by molar-refractivity contribution is 0.124. The second-order valence-corrected chi connectivity index (χ2v) is 9.93. The average Bonchev–Trinajstić information content (AvgIpc) is 2.60. The van der Waals surface area contributed by atoms with Gasteiger partial charge >= 0.3 is 0 Å². The van der Waals surface area contributed by atoms with Crippen molar-refractivity contribution in [1.82, 2.24) is 0 Å². The third-order valence-corrected chi connectivity index (χ3v) is 7.15. The van der Waals surface area contributed by atoms with Gasteiger partial charge in [0.25, 0.3) is 0 Å². The molecule has 0 N–H and O–H groups in total. The van der Waals surface area contributed by atoms with E-state index in [9.17, 15) is 0 Å². The number of hydrogen-bond acceptors (Lipinski definition) is 0. The van der Waals surface area contributed by atoms with Crippen LogP contribution < -0.4 is 0 Å². The third-order valence-electron chi connectivity index (χ3n) is 7.15. The maximum Gasteiger partial charge on any atom is -0.0362 e. The van der Waals surface area contributed by atoms with E-state index in [2.05, 4.69) is 27.7 Å². The predicted molar refractivity (Wildman–Crippen MR) is 120 cm³/mol. The van der Waals surface area contributed by atoms with Crippen molar-refractivity contribution in [1.29, 1.82) is 0 Å². The number of rotatable bonds is 16. The van der Waals surface area contributed by atoms with Gasteiger partial charge in [-0.15, -0.1) is 0 Å². The van der Waals surface area contributed by atoms with Gasteiger partial charge in [-0.05, 0) is 42.9 Å². The first-order valence-corrected chi connectivity index (χ1v) is 12.6. The molecule has 0 bridgehead atoms. The van der Waals surface area contributed by atoms with E-state index in [0.717, 1.165) is 23.7 Å². The van der Waals surface area contributed by atoms with Crippen LogP contribution in [0, 0.1) is 23.7 Å². The fourth-order valence-corrected chi connectivity index (χ4v) is 5.60. The van der Waals surface area contributed by atoms with Crippen LogP contribution in [0.1, 0.15) is 143 Å². The summed E-state index contributed by atoms with van der Waals surface area (Å²) in [7, 11) is 0. The Balaban J connectivity index is 1.81. The minimum atomic E-state index is 0.970. The van der Waals surface area contributed by atoms with E-state index in [-0.39, 0.29) is 0 Å². The van der Waals surface area contributed by atoms with E-state index in [0.29, 0.717) is 0 Å². The molecule has 1 saturated carbocycles. The van der Waals surface area contributed by atoms with Crippen molar-refractivity contribution in [3.05, 3.63) is 0 Å². The standard InChI is InChI=1S/C26H52/c1-5-6-7-8-9-10-11-12-13-14-15-16-17-18-19-20-26-24(3)21-23(2)22-25(26)4/h23-26H,5-22H2,1-4H3. The average molecular weight is 365 g/mol. The number of unbranched alkanes of at least 4 members (excludes halogenated alkanes) is 14. The highest BCUT2D eigenvalue weighted by Gasteiger charge is 2.30. The molecular weight excluding hydrogens is 312 g/mol. The molecule has 0 aromatic rings. The lowest BCUT2D eigenvalue weighted by atomic mass is 9.68. The first-order chi connectivity index (χ1) is 12.6. The largest absolute Gasteiger partial charge is 0.0654 e.